The van der Waals surface area contributed by atoms with Gasteiger partial charge in [0, 0.05) is 38.5 Å². The Labute approximate surface area is 191 Å². The molecule has 2 rings (SSSR count). The van der Waals surface area contributed by atoms with Crippen LogP contribution in [0.4, 0.5) is 0 Å². The van der Waals surface area contributed by atoms with Gasteiger partial charge in [0.1, 0.15) is 11.8 Å². The Hall–Kier alpha value is -1.98. The van der Waals surface area contributed by atoms with Crippen molar-refractivity contribution in [1.82, 2.24) is 0 Å². The summed E-state index contributed by atoms with van der Waals surface area (Å²) in [6.07, 6.45) is 6.39. The molecule has 0 unspecified atom stereocenters. The lowest BCUT2D eigenvalue weighted by molar-refractivity contribution is -0.147. The summed E-state index contributed by atoms with van der Waals surface area (Å²) in [5.41, 5.74) is -0.693. The number of hydrogen-bond donors (Lipinski definition) is 0. The first-order valence-electron chi connectivity index (χ1n) is 12.0. The lowest BCUT2D eigenvalue weighted by Crippen LogP contribution is -2.41. The number of rotatable bonds is 11. The zero-order chi connectivity index (χ0) is 24.1. The Kier molecular flexibility index (Phi) is 8.83. The fourth-order valence-electron chi connectivity index (χ4n) is 5.09. The summed E-state index contributed by atoms with van der Waals surface area (Å²) in [4.78, 5) is 73.5. The maximum Gasteiger partial charge on any atom is 0.151 e. The van der Waals surface area contributed by atoms with Crippen molar-refractivity contribution in [3.8, 4) is 0 Å². The molecule has 2 aliphatic rings. The van der Waals surface area contributed by atoms with Gasteiger partial charge in [-0.1, -0.05) is 53.4 Å². The molecular weight excluding hydrogens is 408 g/mol. The predicted molar refractivity (Wildman–Crippen MR) is 120 cm³/mol. The van der Waals surface area contributed by atoms with Crippen LogP contribution in [0.5, 0.6) is 0 Å². The number of ketones is 6. The maximum absolute atomic E-state index is 12.3. The van der Waals surface area contributed by atoms with Gasteiger partial charge in [-0.2, -0.15) is 0 Å². The molecule has 0 atom stereocenters. The quantitative estimate of drug-likeness (QED) is 0.344. The number of hydrogen-bond acceptors (Lipinski definition) is 6. The zero-order valence-corrected chi connectivity index (χ0v) is 20.1. The van der Waals surface area contributed by atoms with E-state index < -0.39 is 11.8 Å². The molecular formula is C26H38O6. The molecule has 178 valence electrons. The van der Waals surface area contributed by atoms with Crippen LogP contribution in [-0.2, 0) is 28.8 Å². The normalized spacial score (nSPS) is 21.8. The summed E-state index contributed by atoms with van der Waals surface area (Å²) in [5.74, 6) is -3.54. The summed E-state index contributed by atoms with van der Waals surface area (Å²) in [7, 11) is 0. The number of unbranched alkanes of at least 4 members (excludes halogenated alkanes) is 5. The fourth-order valence-corrected chi connectivity index (χ4v) is 5.09. The molecule has 6 heteroatoms. The summed E-state index contributed by atoms with van der Waals surface area (Å²) >= 11 is 0. The van der Waals surface area contributed by atoms with E-state index in [4.69, 9.17) is 0 Å². The minimum atomic E-state index is -1.05. The Morgan fingerprint density at radius 2 is 0.812 bits per heavy atom. The second-order valence-electron chi connectivity index (χ2n) is 11.3. The molecule has 0 aromatic heterocycles. The summed E-state index contributed by atoms with van der Waals surface area (Å²) in [5, 5.41) is 0. The van der Waals surface area contributed by atoms with E-state index >= 15 is 0 Å². The molecule has 0 heterocycles. The van der Waals surface area contributed by atoms with Crippen molar-refractivity contribution >= 4 is 34.7 Å². The third-order valence-corrected chi connectivity index (χ3v) is 6.64. The molecule has 32 heavy (non-hydrogen) atoms. The van der Waals surface area contributed by atoms with Crippen LogP contribution in [0.15, 0.2) is 0 Å². The second-order valence-corrected chi connectivity index (χ2v) is 11.3. The first-order valence-corrected chi connectivity index (χ1v) is 12.0. The molecule has 0 amide bonds. The highest BCUT2D eigenvalue weighted by Gasteiger charge is 2.43. The van der Waals surface area contributed by atoms with Crippen LogP contribution in [0.3, 0.4) is 0 Å². The van der Waals surface area contributed by atoms with Gasteiger partial charge in [0.2, 0.25) is 0 Å². The van der Waals surface area contributed by atoms with E-state index in [2.05, 4.69) is 0 Å². The van der Waals surface area contributed by atoms with E-state index in [1.54, 1.807) is 0 Å². The van der Waals surface area contributed by atoms with Gasteiger partial charge in [-0.3, -0.25) is 28.8 Å². The lowest BCUT2D eigenvalue weighted by atomic mass is 9.70. The molecule has 2 fully saturated rings. The third-order valence-electron chi connectivity index (χ3n) is 6.64. The molecule has 0 aliphatic heterocycles. The highest BCUT2D eigenvalue weighted by Crippen LogP contribution is 2.35. The first-order chi connectivity index (χ1) is 14.8. The van der Waals surface area contributed by atoms with E-state index in [0.29, 0.717) is 12.8 Å². The van der Waals surface area contributed by atoms with Crippen LogP contribution in [0.1, 0.15) is 105 Å². The van der Waals surface area contributed by atoms with E-state index in [0.717, 1.165) is 25.7 Å². The summed E-state index contributed by atoms with van der Waals surface area (Å²) in [6.45, 7) is 7.51. The van der Waals surface area contributed by atoms with Crippen LogP contribution in [-0.4, -0.2) is 34.7 Å². The minimum Gasteiger partial charge on any atom is -0.298 e. The van der Waals surface area contributed by atoms with E-state index in [1.807, 2.05) is 27.7 Å². The molecule has 0 bridgehead atoms. The van der Waals surface area contributed by atoms with Crippen LogP contribution in [0.2, 0.25) is 0 Å². The van der Waals surface area contributed by atoms with E-state index in [1.165, 1.54) is 0 Å². The van der Waals surface area contributed by atoms with Gasteiger partial charge in [-0.05, 0) is 23.7 Å². The van der Waals surface area contributed by atoms with Gasteiger partial charge < -0.3 is 0 Å². The molecule has 0 spiro atoms. The van der Waals surface area contributed by atoms with Gasteiger partial charge in [0.05, 0.1) is 0 Å². The Morgan fingerprint density at radius 1 is 0.562 bits per heavy atom. The van der Waals surface area contributed by atoms with Crippen LogP contribution in [0, 0.1) is 22.7 Å². The van der Waals surface area contributed by atoms with Crippen LogP contribution in [0.25, 0.3) is 0 Å². The van der Waals surface area contributed by atoms with Gasteiger partial charge in [-0.25, -0.2) is 0 Å². The van der Waals surface area contributed by atoms with Crippen molar-refractivity contribution < 1.29 is 28.8 Å². The minimum absolute atomic E-state index is 0.237. The average molecular weight is 447 g/mol. The second kappa shape index (κ2) is 10.8. The maximum atomic E-state index is 12.3. The van der Waals surface area contributed by atoms with Crippen molar-refractivity contribution in [2.24, 2.45) is 22.7 Å². The van der Waals surface area contributed by atoms with Crippen molar-refractivity contribution in [3.05, 3.63) is 0 Å². The van der Waals surface area contributed by atoms with Gasteiger partial charge in [-0.15, -0.1) is 0 Å². The predicted octanol–water partition coefficient (Wildman–Crippen LogP) is 4.39. The Balaban J connectivity index is 1.59. The van der Waals surface area contributed by atoms with Crippen molar-refractivity contribution in [2.45, 2.75) is 105 Å². The highest BCUT2D eigenvalue weighted by molar-refractivity contribution is 6.21. The van der Waals surface area contributed by atoms with Crippen molar-refractivity contribution in [1.29, 1.82) is 0 Å². The van der Waals surface area contributed by atoms with Crippen LogP contribution >= 0.6 is 0 Å². The van der Waals surface area contributed by atoms with Gasteiger partial charge in [0.15, 0.2) is 34.7 Å². The third kappa shape index (κ3) is 7.28. The van der Waals surface area contributed by atoms with E-state index in [9.17, 15) is 28.8 Å². The zero-order valence-electron chi connectivity index (χ0n) is 20.1. The molecule has 2 saturated carbocycles. The summed E-state index contributed by atoms with van der Waals surface area (Å²) < 4.78 is 0. The highest BCUT2D eigenvalue weighted by atomic mass is 16.2. The van der Waals surface area contributed by atoms with E-state index in [-0.39, 0.29) is 84.1 Å². The Bertz CT molecular complexity index is 682. The number of carbonyl (C=O) groups excluding carboxylic acids is 6. The first kappa shape index (κ1) is 26.3. The SMILES string of the molecule is CC1(C)CC(=O)C(C(=O)CCCCCCCCC(=O)C2C(=O)CC(C)(C)CC2=O)C(=O)C1. The molecule has 0 saturated heterocycles. The van der Waals surface area contributed by atoms with Gasteiger partial charge in [0.25, 0.3) is 0 Å². The Morgan fingerprint density at radius 3 is 1.09 bits per heavy atom. The van der Waals surface area contributed by atoms with Gasteiger partial charge >= 0.3 is 0 Å². The van der Waals surface area contributed by atoms with Crippen LogP contribution < -0.4 is 0 Å². The number of carbonyl (C=O) groups is 6. The molecule has 0 aromatic rings. The largest absolute Gasteiger partial charge is 0.298 e. The molecule has 6 nitrogen and oxygen atoms in total. The molecule has 0 aromatic carbocycles. The molecule has 0 N–H and O–H groups in total. The standard InChI is InChI=1S/C26H38O6/c1-25(2)13-19(29)23(20(30)14-25)17(27)11-9-7-5-6-8-10-12-18(28)24-21(31)15-26(3,4)16-22(24)32/h23-24H,5-16H2,1-4H3. The molecule has 2 aliphatic carbocycles. The number of Topliss-reactive ketones (excluding diaryl/α,β-unsaturated/α-hetero) is 6. The fraction of sp³-hybridized carbons (Fsp3) is 0.769. The van der Waals surface area contributed by atoms with Crippen molar-refractivity contribution in [3.63, 3.8) is 0 Å². The monoisotopic (exact) mass is 446 g/mol. The smallest absolute Gasteiger partial charge is 0.151 e. The molecule has 0 radical (unpaired) electrons. The summed E-state index contributed by atoms with van der Waals surface area (Å²) in [6, 6.07) is 0. The lowest BCUT2D eigenvalue weighted by Gasteiger charge is -2.31. The topological polar surface area (TPSA) is 102 Å². The average Bonchev–Trinajstić information content (AvgIpc) is 2.60. The van der Waals surface area contributed by atoms with Crippen molar-refractivity contribution in [2.75, 3.05) is 0 Å².